The predicted molar refractivity (Wildman–Crippen MR) is 93.8 cm³/mol. The number of fused-ring (bicyclic) bond motifs is 1. The molecule has 5 nitrogen and oxygen atoms in total. The molecule has 23 heavy (non-hydrogen) atoms. The fourth-order valence-electron chi connectivity index (χ4n) is 1.85. The van der Waals surface area contributed by atoms with E-state index in [1.54, 1.807) is 0 Å². The summed E-state index contributed by atoms with van der Waals surface area (Å²) in [5.41, 5.74) is 1.14. The van der Waals surface area contributed by atoms with Crippen LogP contribution in [0.1, 0.15) is 0 Å². The van der Waals surface area contributed by atoms with Crippen molar-refractivity contribution in [3.63, 3.8) is 0 Å². The van der Waals surface area contributed by atoms with E-state index < -0.39 is 0 Å². The minimum absolute atomic E-state index is 0.159. The van der Waals surface area contributed by atoms with Gasteiger partial charge in [-0.3, -0.25) is 9.20 Å². The van der Waals surface area contributed by atoms with Crippen LogP contribution in [0.2, 0.25) is 15.1 Å². The van der Waals surface area contributed by atoms with Crippen molar-refractivity contribution in [1.29, 1.82) is 0 Å². The summed E-state index contributed by atoms with van der Waals surface area (Å²) < 4.78 is 1.81. The van der Waals surface area contributed by atoms with Gasteiger partial charge < -0.3 is 5.32 Å². The van der Waals surface area contributed by atoms with Crippen molar-refractivity contribution < 1.29 is 4.79 Å². The first kappa shape index (κ1) is 16.4. The number of aromatic nitrogens is 3. The first-order valence-electron chi connectivity index (χ1n) is 6.41. The third-order valence-corrected chi connectivity index (χ3v) is 4.88. The maximum atomic E-state index is 12.1. The Morgan fingerprint density at radius 2 is 1.91 bits per heavy atom. The monoisotopic (exact) mass is 386 g/mol. The van der Waals surface area contributed by atoms with Crippen LogP contribution >= 0.6 is 46.6 Å². The molecule has 0 atom stereocenters. The predicted octanol–water partition coefficient (Wildman–Crippen LogP) is 4.42. The number of thioether (sulfide) groups is 1. The van der Waals surface area contributed by atoms with Crippen LogP contribution in [0.5, 0.6) is 0 Å². The number of hydrogen-bond acceptors (Lipinski definition) is 4. The largest absolute Gasteiger partial charge is 0.324 e. The Morgan fingerprint density at radius 3 is 2.74 bits per heavy atom. The maximum Gasteiger partial charge on any atom is 0.234 e. The van der Waals surface area contributed by atoms with Crippen LogP contribution in [-0.4, -0.2) is 26.3 Å². The lowest BCUT2D eigenvalue weighted by Gasteiger charge is -2.08. The first-order chi connectivity index (χ1) is 11.0. The van der Waals surface area contributed by atoms with E-state index in [2.05, 4.69) is 15.5 Å². The van der Waals surface area contributed by atoms with Crippen LogP contribution in [-0.2, 0) is 4.79 Å². The highest BCUT2D eigenvalue weighted by molar-refractivity contribution is 7.99. The zero-order valence-electron chi connectivity index (χ0n) is 11.5. The Morgan fingerprint density at radius 1 is 1.13 bits per heavy atom. The standard InChI is InChI=1S/C14H9Cl3N4OS/c15-8-5-10(17)11(6-9(8)16)18-13(22)7-23-14-20-19-12-3-1-2-4-21(12)14/h1-6H,7H2,(H,18,22). The minimum atomic E-state index is -0.233. The summed E-state index contributed by atoms with van der Waals surface area (Å²) in [7, 11) is 0. The molecule has 0 spiro atoms. The first-order valence-corrected chi connectivity index (χ1v) is 8.53. The van der Waals surface area contributed by atoms with E-state index in [0.29, 0.717) is 25.9 Å². The number of hydrogen-bond donors (Lipinski definition) is 1. The molecule has 1 N–H and O–H groups in total. The Kier molecular flexibility index (Phi) is 4.96. The molecule has 9 heteroatoms. The molecule has 2 aromatic heterocycles. The number of rotatable bonds is 4. The Balaban J connectivity index is 1.67. The average molecular weight is 388 g/mol. The number of nitrogens with zero attached hydrogens (tertiary/aromatic N) is 3. The lowest BCUT2D eigenvalue weighted by Crippen LogP contribution is -2.14. The van der Waals surface area contributed by atoms with Crippen molar-refractivity contribution in [3.05, 3.63) is 51.6 Å². The molecule has 3 aromatic rings. The second-order valence-corrected chi connectivity index (χ2v) is 6.66. The van der Waals surface area contributed by atoms with E-state index in [1.807, 2.05) is 28.8 Å². The lowest BCUT2D eigenvalue weighted by molar-refractivity contribution is -0.113. The Labute approximate surface area is 150 Å². The summed E-state index contributed by atoms with van der Waals surface area (Å²) in [6.07, 6.45) is 1.84. The number of amides is 1. The maximum absolute atomic E-state index is 12.1. The molecule has 2 heterocycles. The van der Waals surface area contributed by atoms with Gasteiger partial charge >= 0.3 is 0 Å². The SMILES string of the molecule is O=C(CSc1nnc2ccccn12)Nc1cc(Cl)c(Cl)cc1Cl. The number of halogens is 3. The zero-order valence-corrected chi connectivity index (χ0v) is 14.5. The summed E-state index contributed by atoms with van der Waals surface area (Å²) >= 11 is 19.1. The summed E-state index contributed by atoms with van der Waals surface area (Å²) in [4.78, 5) is 12.1. The molecule has 0 radical (unpaired) electrons. The molecule has 1 aromatic carbocycles. The van der Waals surface area contributed by atoms with Gasteiger partial charge in [0, 0.05) is 6.20 Å². The molecule has 3 rings (SSSR count). The highest BCUT2D eigenvalue weighted by Gasteiger charge is 2.12. The van der Waals surface area contributed by atoms with E-state index in [0.717, 1.165) is 5.65 Å². The van der Waals surface area contributed by atoms with Gasteiger partial charge in [0.25, 0.3) is 0 Å². The Bertz CT molecular complexity index is 884. The van der Waals surface area contributed by atoms with Crippen molar-refractivity contribution in [2.75, 3.05) is 11.1 Å². The van der Waals surface area contributed by atoms with Crippen LogP contribution in [0.25, 0.3) is 5.65 Å². The van der Waals surface area contributed by atoms with Crippen LogP contribution in [0.15, 0.2) is 41.7 Å². The molecule has 0 saturated heterocycles. The van der Waals surface area contributed by atoms with Crippen molar-refractivity contribution in [2.24, 2.45) is 0 Å². The fourth-order valence-corrected chi connectivity index (χ4v) is 3.17. The number of carbonyl (C=O) groups excluding carboxylic acids is 1. The van der Waals surface area contributed by atoms with E-state index in [1.165, 1.54) is 23.9 Å². The number of nitrogens with one attached hydrogen (secondary N) is 1. The molecule has 1 amide bonds. The summed E-state index contributed by atoms with van der Waals surface area (Å²) in [5.74, 6) is -0.0744. The van der Waals surface area contributed by atoms with Gasteiger partial charge in [0.2, 0.25) is 5.91 Å². The van der Waals surface area contributed by atoms with Gasteiger partial charge in [0.15, 0.2) is 10.8 Å². The third kappa shape index (κ3) is 3.72. The Hall–Kier alpha value is -1.47. The number of anilines is 1. The summed E-state index contributed by atoms with van der Waals surface area (Å²) in [6.45, 7) is 0. The molecular weight excluding hydrogens is 379 g/mol. The van der Waals surface area contributed by atoms with Crippen molar-refractivity contribution >= 4 is 63.8 Å². The lowest BCUT2D eigenvalue weighted by atomic mass is 10.3. The van der Waals surface area contributed by atoms with Crippen molar-refractivity contribution in [3.8, 4) is 0 Å². The van der Waals surface area contributed by atoms with Gasteiger partial charge in [0.1, 0.15) is 0 Å². The second-order valence-electron chi connectivity index (χ2n) is 4.49. The molecule has 0 unspecified atom stereocenters. The molecule has 0 saturated carbocycles. The minimum Gasteiger partial charge on any atom is -0.324 e. The smallest absolute Gasteiger partial charge is 0.234 e. The second kappa shape index (κ2) is 6.97. The molecule has 118 valence electrons. The number of carbonyl (C=O) groups is 1. The van der Waals surface area contributed by atoms with Gasteiger partial charge in [-0.2, -0.15) is 0 Å². The molecule has 0 fully saturated rings. The topological polar surface area (TPSA) is 59.3 Å². The fraction of sp³-hybridized carbons (Fsp3) is 0.0714. The molecule has 0 bridgehead atoms. The van der Waals surface area contributed by atoms with E-state index in [-0.39, 0.29) is 11.7 Å². The van der Waals surface area contributed by atoms with Gasteiger partial charge in [-0.1, -0.05) is 52.6 Å². The highest BCUT2D eigenvalue weighted by atomic mass is 35.5. The molecule has 0 aliphatic rings. The van der Waals surface area contributed by atoms with Gasteiger partial charge in [-0.05, 0) is 24.3 Å². The third-order valence-electron chi connectivity index (χ3n) is 2.90. The van der Waals surface area contributed by atoms with Crippen LogP contribution < -0.4 is 5.32 Å². The van der Waals surface area contributed by atoms with Crippen molar-refractivity contribution in [2.45, 2.75) is 5.16 Å². The average Bonchev–Trinajstić information content (AvgIpc) is 2.94. The van der Waals surface area contributed by atoms with Crippen LogP contribution in [0.3, 0.4) is 0 Å². The molecule has 0 aliphatic carbocycles. The molecular formula is C14H9Cl3N4OS. The zero-order chi connectivity index (χ0) is 16.4. The van der Waals surface area contributed by atoms with E-state index >= 15 is 0 Å². The van der Waals surface area contributed by atoms with Gasteiger partial charge in [-0.25, -0.2) is 0 Å². The number of benzene rings is 1. The van der Waals surface area contributed by atoms with Crippen molar-refractivity contribution in [1.82, 2.24) is 14.6 Å². The summed E-state index contributed by atoms with van der Waals surface area (Å²) in [6, 6.07) is 8.58. The normalized spacial score (nSPS) is 10.9. The van der Waals surface area contributed by atoms with Crippen LogP contribution in [0, 0.1) is 0 Å². The van der Waals surface area contributed by atoms with E-state index in [4.69, 9.17) is 34.8 Å². The quantitative estimate of drug-likeness (QED) is 0.532. The summed E-state index contributed by atoms with van der Waals surface area (Å²) in [5, 5.41) is 12.4. The van der Waals surface area contributed by atoms with Crippen LogP contribution in [0.4, 0.5) is 5.69 Å². The molecule has 0 aliphatic heterocycles. The van der Waals surface area contributed by atoms with Gasteiger partial charge in [0.05, 0.1) is 26.5 Å². The van der Waals surface area contributed by atoms with E-state index in [9.17, 15) is 4.79 Å². The van der Waals surface area contributed by atoms with Gasteiger partial charge in [-0.15, -0.1) is 10.2 Å². The highest BCUT2D eigenvalue weighted by Crippen LogP contribution is 2.32. The number of pyridine rings is 1.